The van der Waals surface area contributed by atoms with Crippen molar-refractivity contribution in [1.82, 2.24) is 4.90 Å². The lowest BCUT2D eigenvalue weighted by Crippen LogP contribution is -2.35. The Labute approximate surface area is 164 Å². The van der Waals surface area contributed by atoms with Gasteiger partial charge in [0.1, 0.15) is 12.8 Å². The number of likely N-dealkylation sites (tertiary alicyclic amines) is 1. The second-order valence-electron chi connectivity index (χ2n) is 6.56. The number of rotatable bonds is 6. The molecule has 1 fully saturated rings. The number of hydrogen-bond donors (Lipinski definition) is 1. The van der Waals surface area contributed by atoms with E-state index in [1.807, 2.05) is 42.5 Å². The Morgan fingerprint density at radius 2 is 1.71 bits per heavy atom. The molecule has 1 aliphatic heterocycles. The molecule has 3 rings (SSSR count). The largest absolute Gasteiger partial charge is 0.493 e. The Balaban J connectivity index is 1.71. The number of ether oxygens (including phenoxy) is 4. The van der Waals surface area contributed by atoms with Gasteiger partial charge in [-0.05, 0) is 23.3 Å². The van der Waals surface area contributed by atoms with Gasteiger partial charge in [0, 0.05) is 18.9 Å². The van der Waals surface area contributed by atoms with E-state index < -0.39 is 12.3 Å². The second-order valence-corrected chi connectivity index (χ2v) is 6.56. The van der Waals surface area contributed by atoms with E-state index in [0.29, 0.717) is 30.2 Å². The monoisotopic (exact) mass is 387 g/mol. The summed E-state index contributed by atoms with van der Waals surface area (Å²) in [5.74, 6) is 1.51. The molecule has 1 saturated heterocycles. The van der Waals surface area contributed by atoms with Crippen LogP contribution in [-0.2, 0) is 11.3 Å². The van der Waals surface area contributed by atoms with Gasteiger partial charge < -0.3 is 24.1 Å². The van der Waals surface area contributed by atoms with Gasteiger partial charge in [0.05, 0.1) is 21.3 Å². The van der Waals surface area contributed by atoms with E-state index in [1.54, 1.807) is 21.3 Å². The standard InChI is InChI=1S/C21H25NO6/c1-25-17-9-15(10-18(26-2)20(17)27-3)16-11-19(23)22(12-16)21(24)28-13-14-7-5-4-6-8-14/h4-10,16,19,23H,11-13H2,1-3H3. The van der Waals surface area contributed by atoms with Gasteiger partial charge in [0.15, 0.2) is 11.5 Å². The van der Waals surface area contributed by atoms with Crippen LogP contribution >= 0.6 is 0 Å². The molecule has 0 bridgehead atoms. The molecule has 150 valence electrons. The van der Waals surface area contributed by atoms with Crippen molar-refractivity contribution in [3.05, 3.63) is 53.6 Å². The first kappa shape index (κ1) is 19.8. The quantitative estimate of drug-likeness (QED) is 0.820. The lowest BCUT2D eigenvalue weighted by Gasteiger charge is -2.20. The van der Waals surface area contributed by atoms with Crippen molar-refractivity contribution >= 4 is 6.09 Å². The molecule has 2 aromatic carbocycles. The zero-order chi connectivity index (χ0) is 20.1. The van der Waals surface area contributed by atoms with Crippen LogP contribution in [0.25, 0.3) is 0 Å². The van der Waals surface area contributed by atoms with Crippen molar-refractivity contribution in [2.45, 2.75) is 25.2 Å². The molecule has 28 heavy (non-hydrogen) atoms. The van der Waals surface area contributed by atoms with Crippen molar-refractivity contribution in [2.24, 2.45) is 0 Å². The number of aliphatic hydroxyl groups excluding tert-OH is 1. The summed E-state index contributed by atoms with van der Waals surface area (Å²) in [6.45, 7) is 0.505. The summed E-state index contributed by atoms with van der Waals surface area (Å²) in [7, 11) is 4.65. The topological polar surface area (TPSA) is 77.5 Å². The van der Waals surface area contributed by atoms with E-state index in [2.05, 4.69) is 0 Å². The van der Waals surface area contributed by atoms with Crippen LogP contribution in [-0.4, -0.2) is 50.2 Å². The molecular weight excluding hydrogens is 362 g/mol. The molecule has 0 spiro atoms. The van der Waals surface area contributed by atoms with Crippen LogP contribution < -0.4 is 14.2 Å². The maximum atomic E-state index is 12.4. The molecule has 0 aromatic heterocycles. The van der Waals surface area contributed by atoms with Crippen LogP contribution in [0, 0.1) is 0 Å². The number of amides is 1. The first-order valence-electron chi connectivity index (χ1n) is 9.02. The lowest BCUT2D eigenvalue weighted by molar-refractivity contribution is 0.0220. The molecule has 1 aliphatic rings. The highest BCUT2D eigenvalue weighted by Crippen LogP contribution is 2.42. The van der Waals surface area contributed by atoms with E-state index in [-0.39, 0.29) is 12.5 Å². The minimum Gasteiger partial charge on any atom is -0.493 e. The fraction of sp³-hybridized carbons (Fsp3) is 0.381. The molecule has 2 atom stereocenters. The summed E-state index contributed by atoms with van der Waals surface area (Å²) >= 11 is 0. The van der Waals surface area contributed by atoms with Gasteiger partial charge in [-0.3, -0.25) is 4.90 Å². The number of aliphatic hydroxyl groups is 1. The molecule has 1 N–H and O–H groups in total. The number of carbonyl (C=O) groups excluding carboxylic acids is 1. The first-order chi connectivity index (χ1) is 13.6. The number of hydrogen-bond acceptors (Lipinski definition) is 6. The van der Waals surface area contributed by atoms with E-state index >= 15 is 0 Å². The van der Waals surface area contributed by atoms with E-state index in [1.165, 1.54) is 4.90 Å². The number of carbonyl (C=O) groups is 1. The van der Waals surface area contributed by atoms with Crippen LogP contribution in [0.4, 0.5) is 4.79 Å². The van der Waals surface area contributed by atoms with Gasteiger partial charge in [-0.25, -0.2) is 4.79 Å². The van der Waals surface area contributed by atoms with Crippen LogP contribution in [0.5, 0.6) is 17.2 Å². The Hall–Kier alpha value is -2.93. The summed E-state index contributed by atoms with van der Waals surface area (Å²) in [4.78, 5) is 13.8. The second kappa shape index (κ2) is 8.84. The molecule has 7 heteroatoms. The van der Waals surface area contributed by atoms with Crippen LogP contribution in [0.2, 0.25) is 0 Å². The zero-order valence-corrected chi connectivity index (χ0v) is 16.3. The zero-order valence-electron chi connectivity index (χ0n) is 16.3. The van der Waals surface area contributed by atoms with Crippen molar-refractivity contribution in [1.29, 1.82) is 0 Å². The van der Waals surface area contributed by atoms with Crippen molar-refractivity contribution < 1.29 is 28.8 Å². The fourth-order valence-electron chi connectivity index (χ4n) is 3.39. The Bertz CT molecular complexity index is 785. The third kappa shape index (κ3) is 4.14. The van der Waals surface area contributed by atoms with Crippen LogP contribution in [0.15, 0.2) is 42.5 Å². The van der Waals surface area contributed by atoms with Gasteiger partial charge in [-0.2, -0.15) is 0 Å². The molecule has 2 unspecified atom stereocenters. The number of nitrogens with zero attached hydrogens (tertiary/aromatic N) is 1. The SMILES string of the molecule is COc1cc(C2CC(O)N(C(=O)OCc3ccccc3)C2)cc(OC)c1OC. The summed E-state index contributed by atoms with van der Waals surface area (Å²) < 4.78 is 21.5. The molecule has 1 amide bonds. The predicted molar refractivity (Wildman–Crippen MR) is 103 cm³/mol. The van der Waals surface area contributed by atoms with Gasteiger partial charge in [0.2, 0.25) is 5.75 Å². The van der Waals surface area contributed by atoms with Gasteiger partial charge in [-0.15, -0.1) is 0 Å². The normalized spacial score (nSPS) is 18.6. The maximum absolute atomic E-state index is 12.4. The van der Waals surface area contributed by atoms with Gasteiger partial charge in [-0.1, -0.05) is 30.3 Å². The summed E-state index contributed by atoms with van der Waals surface area (Å²) in [6.07, 6.45) is -1.04. The molecule has 1 heterocycles. The Morgan fingerprint density at radius 1 is 1.07 bits per heavy atom. The molecule has 0 radical (unpaired) electrons. The summed E-state index contributed by atoms with van der Waals surface area (Å²) in [5, 5.41) is 10.4. The molecule has 0 aliphatic carbocycles. The molecule has 7 nitrogen and oxygen atoms in total. The Kier molecular flexibility index (Phi) is 6.26. The Morgan fingerprint density at radius 3 is 2.29 bits per heavy atom. The van der Waals surface area contributed by atoms with Crippen molar-refractivity contribution in [2.75, 3.05) is 27.9 Å². The minimum atomic E-state index is -0.910. The number of methoxy groups -OCH3 is 3. The minimum absolute atomic E-state index is 0.0759. The average molecular weight is 387 g/mol. The predicted octanol–water partition coefficient (Wildman–Crippen LogP) is 3.16. The molecule has 2 aromatic rings. The van der Waals surface area contributed by atoms with Crippen LogP contribution in [0.1, 0.15) is 23.5 Å². The van der Waals surface area contributed by atoms with E-state index in [0.717, 1.165) is 11.1 Å². The smallest absolute Gasteiger partial charge is 0.412 e. The average Bonchev–Trinajstić information content (AvgIpc) is 3.13. The summed E-state index contributed by atoms with van der Waals surface area (Å²) in [6, 6.07) is 13.1. The van der Waals surface area contributed by atoms with Crippen LogP contribution in [0.3, 0.4) is 0 Å². The van der Waals surface area contributed by atoms with Gasteiger partial charge >= 0.3 is 6.09 Å². The fourth-order valence-corrected chi connectivity index (χ4v) is 3.39. The first-order valence-corrected chi connectivity index (χ1v) is 9.02. The lowest BCUT2D eigenvalue weighted by atomic mass is 9.97. The highest BCUT2D eigenvalue weighted by atomic mass is 16.6. The van der Waals surface area contributed by atoms with Gasteiger partial charge in [0.25, 0.3) is 0 Å². The summed E-state index contributed by atoms with van der Waals surface area (Å²) in [5.41, 5.74) is 1.79. The maximum Gasteiger partial charge on any atom is 0.412 e. The highest BCUT2D eigenvalue weighted by molar-refractivity contribution is 5.68. The third-order valence-corrected chi connectivity index (χ3v) is 4.87. The van der Waals surface area contributed by atoms with E-state index in [9.17, 15) is 9.90 Å². The highest BCUT2D eigenvalue weighted by Gasteiger charge is 2.36. The van der Waals surface area contributed by atoms with Crippen molar-refractivity contribution in [3.8, 4) is 17.2 Å². The molecular formula is C21H25NO6. The third-order valence-electron chi connectivity index (χ3n) is 4.87. The number of benzene rings is 2. The molecule has 0 saturated carbocycles. The van der Waals surface area contributed by atoms with Crippen molar-refractivity contribution in [3.63, 3.8) is 0 Å². The van der Waals surface area contributed by atoms with E-state index in [4.69, 9.17) is 18.9 Å².